The lowest BCUT2D eigenvalue weighted by Gasteiger charge is -2.06. The molecule has 0 aliphatic rings. The quantitative estimate of drug-likeness (QED) is 0.780. The summed E-state index contributed by atoms with van der Waals surface area (Å²) in [6, 6.07) is 11.9. The Morgan fingerprint density at radius 1 is 1.28 bits per heavy atom. The van der Waals surface area contributed by atoms with Crippen molar-refractivity contribution in [1.82, 2.24) is 4.98 Å². The number of rotatable bonds is 2. The van der Waals surface area contributed by atoms with E-state index in [2.05, 4.69) is 10.3 Å². The summed E-state index contributed by atoms with van der Waals surface area (Å²) in [5.41, 5.74) is 7.38. The average Bonchev–Trinajstić information content (AvgIpc) is 2.41. The molecule has 1 aromatic carbocycles. The van der Waals surface area contributed by atoms with Crippen LogP contribution < -0.4 is 11.1 Å². The van der Waals surface area contributed by atoms with Crippen LogP contribution in [0.25, 0.3) is 0 Å². The molecular formula is C13H10N4O. The number of amides is 1. The third-order valence-corrected chi connectivity index (χ3v) is 2.33. The van der Waals surface area contributed by atoms with Crippen molar-refractivity contribution in [3.05, 3.63) is 53.9 Å². The minimum atomic E-state index is -0.364. The smallest absolute Gasteiger partial charge is 0.274 e. The Kier molecular flexibility index (Phi) is 3.21. The van der Waals surface area contributed by atoms with Gasteiger partial charge in [-0.15, -0.1) is 0 Å². The molecule has 0 unspecified atom stereocenters. The molecule has 1 amide bonds. The third-order valence-electron chi connectivity index (χ3n) is 2.33. The zero-order chi connectivity index (χ0) is 13.0. The van der Waals surface area contributed by atoms with E-state index in [1.807, 2.05) is 6.07 Å². The SMILES string of the molecule is N#Cc1ccc(C(=O)Nc2ccccc2N)nc1. The molecule has 0 aliphatic heterocycles. The summed E-state index contributed by atoms with van der Waals surface area (Å²) < 4.78 is 0. The van der Waals surface area contributed by atoms with Crippen LogP contribution in [0.4, 0.5) is 11.4 Å². The molecule has 2 rings (SSSR count). The van der Waals surface area contributed by atoms with Crippen molar-refractivity contribution >= 4 is 17.3 Å². The van der Waals surface area contributed by atoms with E-state index in [0.717, 1.165) is 0 Å². The van der Waals surface area contributed by atoms with Crippen LogP contribution in [0, 0.1) is 11.3 Å². The van der Waals surface area contributed by atoms with Gasteiger partial charge in [0.05, 0.1) is 16.9 Å². The highest BCUT2D eigenvalue weighted by atomic mass is 16.1. The second kappa shape index (κ2) is 4.97. The summed E-state index contributed by atoms with van der Waals surface area (Å²) in [5, 5.41) is 11.3. The number of pyridine rings is 1. The second-order valence-corrected chi connectivity index (χ2v) is 3.59. The van der Waals surface area contributed by atoms with E-state index >= 15 is 0 Å². The maximum atomic E-state index is 11.9. The number of nitrogens with zero attached hydrogens (tertiary/aromatic N) is 2. The number of aromatic nitrogens is 1. The van der Waals surface area contributed by atoms with Gasteiger partial charge < -0.3 is 11.1 Å². The molecule has 2 aromatic rings. The van der Waals surface area contributed by atoms with Crippen LogP contribution in [0.2, 0.25) is 0 Å². The van der Waals surface area contributed by atoms with Crippen molar-refractivity contribution in [2.75, 3.05) is 11.1 Å². The highest BCUT2D eigenvalue weighted by Gasteiger charge is 2.08. The number of nitrogens with one attached hydrogen (secondary N) is 1. The topological polar surface area (TPSA) is 91.8 Å². The molecule has 1 heterocycles. The largest absolute Gasteiger partial charge is 0.397 e. The minimum Gasteiger partial charge on any atom is -0.397 e. The Labute approximate surface area is 104 Å². The second-order valence-electron chi connectivity index (χ2n) is 3.59. The summed E-state index contributed by atoms with van der Waals surface area (Å²) in [4.78, 5) is 15.8. The predicted octanol–water partition coefficient (Wildman–Crippen LogP) is 1.79. The zero-order valence-corrected chi connectivity index (χ0v) is 9.42. The number of nitrogens with two attached hydrogens (primary N) is 1. The zero-order valence-electron chi connectivity index (χ0n) is 9.42. The molecule has 1 aromatic heterocycles. The lowest BCUT2D eigenvalue weighted by Crippen LogP contribution is -2.14. The number of para-hydroxylation sites is 2. The van der Waals surface area contributed by atoms with Crippen LogP contribution in [0.3, 0.4) is 0 Å². The fourth-order valence-electron chi connectivity index (χ4n) is 1.39. The van der Waals surface area contributed by atoms with E-state index in [1.54, 1.807) is 24.3 Å². The molecule has 0 saturated heterocycles. The summed E-state index contributed by atoms with van der Waals surface area (Å²) in [6.07, 6.45) is 1.35. The van der Waals surface area contributed by atoms with E-state index in [0.29, 0.717) is 16.9 Å². The number of hydrogen-bond acceptors (Lipinski definition) is 4. The highest BCUT2D eigenvalue weighted by Crippen LogP contribution is 2.17. The fourth-order valence-corrected chi connectivity index (χ4v) is 1.39. The van der Waals surface area contributed by atoms with Gasteiger partial charge in [-0.05, 0) is 24.3 Å². The molecule has 5 nitrogen and oxygen atoms in total. The van der Waals surface area contributed by atoms with Gasteiger partial charge in [0, 0.05) is 6.20 Å². The Bertz CT molecular complexity index is 614. The Morgan fingerprint density at radius 3 is 2.67 bits per heavy atom. The first-order chi connectivity index (χ1) is 8.70. The number of nitriles is 1. The van der Waals surface area contributed by atoms with E-state index < -0.39 is 0 Å². The number of benzene rings is 1. The molecule has 0 spiro atoms. The van der Waals surface area contributed by atoms with Crippen LogP contribution in [0.5, 0.6) is 0 Å². The summed E-state index contributed by atoms with van der Waals surface area (Å²) >= 11 is 0. The van der Waals surface area contributed by atoms with Crippen LogP contribution >= 0.6 is 0 Å². The molecule has 5 heteroatoms. The van der Waals surface area contributed by atoms with Gasteiger partial charge in [-0.2, -0.15) is 5.26 Å². The molecule has 0 bridgehead atoms. The van der Waals surface area contributed by atoms with E-state index in [-0.39, 0.29) is 11.6 Å². The Hall–Kier alpha value is -2.87. The Balaban J connectivity index is 2.17. The fraction of sp³-hybridized carbons (Fsp3) is 0. The van der Waals surface area contributed by atoms with Gasteiger partial charge >= 0.3 is 0 Å². The third kappa shape index (κ3) is 2.44. The molecule has 0 atom stereocenters. The molecule has 0 aliphatic carbocycles. The van der Waals surface area contributed by atoms with Crippen LogP contribution in [-0.2, 0) is 0 Å². The first-order valence-electron chi connectivity index (χ1n) is 5.22. The van der Waals surface area contributed by atoms with Crippen molar-refractivity contribution in [1.29, 1.82) is 5.26 Å². The molecule has 0 saturated carbocycles. The van der Waals surface area contributed by atoms with Crippen LogP contribution in [0.15, 0.2) is 42.6 Å². The first kappa shape index (κ1) is 11.6. The summed E-state index contributed by atoms with van der Waals surface area (Å²) in [6.45, 7) is 0. The van der Waals surface area contributed by atoms with Crippen LogP contribution in [-0.4, -0.2) is 10.9 Å². The minimum absolute atomic E-state index is 0.234. The average molecular weight is 238 g/mol. The van der Waals surface area contributed by atoms with Gasteiger partial charge in [0.25, 0.3) is 5.91 Å². The molecule has 88 valence electrons. The lowest BCUT2D eigenvalue weighted by atomic mass is 10.2. The van der Waals surface area contributed by atoms with E-state index in [1.165, 1.54) is 18.3 Å². The van der Waals surface area contributed by atoms with E-state index in [9.17, 15) is 4.79 Å². The van der Waals surface area contributed by atoms with Crippen molar-refractivity contribution in [2.45, 2.75) is 0 Å². The first-order valence-corrected chi connectivity index (χ1v) is 5.22. The normalized spacial score (nSPS) is 9.50. The highest BCUT2D eigenvalue weighted by molar-refractivity contribution is 6.04. The molecule has 0 radical (unpaired) electrons. The number of hydrogen-bond donors (Lipinski definition) is 2. The van der Waals surface area contributed by atoms with Gasteiger partial charge in [0.2, 0.25) is 0 Å². The number of carbonyl (C=O) groups excluding carboxylic acids is 1. The number of nitrogen functional groups attached to an aromatic ring is 1. The van der Waals surface area contributed by atoms with Gasteiger partial charge in [-0.3, -0.25) is 4.79 Å². The Morgan fingerprint density at radius 2 is 2.06 bits per heavy atom. The maximum absolute atomic E-state index is 11.9. The summed E-state index contributed by atoms with van der Waals surface area (Å²) in [5.74, 6) is -0.364. The molecule has 18 heavy (non-hydrogen) atoms. The van der Waals surface area contributed by atoms with Crippen LogP contribution in [0.1, 0.15) is 16.1 Å². The van der Waals surface area contributed by atoms with Gasteiger partial charge in [-0.25, -0.2) is 4.98 Å². The van der Waals surface area contributed by atoms with Gasteiger partial charge in [0.1, 0.15) is 11.8 Å². The monoisotopic (exact) mass is 238 g/mol. The van der Waals surface area contributed by atoms with Gasteiger partial charge in [0.15, 0.2) is 0 Å². The van der Waals surface area contributed by atoms with Gasteiger partial charge in [-0.1, -0.05) is 12.1 Å². The number of carbonyl (C=O) groups is 1. The van der Waals surface area contributed by atoms with E-state index in [4.69, 9.17) is 11.0 Å². The maximum Gasteiger partial charge on any atom is 0.274 e. The van der Waals surface area contributed by atoms with Crippen molar-refractivity contribution in [2.24, 2.45) is 0 Å². The van der Waals surface area contributed by atoms with Crippen molar-refractivity contribution in [3.63, 3.8) is 0 Å². The van der Waals surface area contributed by atoms with Crippen molar-refractivity contribution in [3.8, 4) is 6.07 Å². The summed E-state index contributed by atoms with van der Waals surface area (Å²) in [7, 11) is 0. The number of anilines is 2. The molecular weight excluding hydrogens is 228 g/mol. The lowest BCUT2D eigenvalue weighted by molar-refractivity contribution is 0.102. The predicted molar refractivity (Wildman–Crippen MR) is 67.8 cm³/mol. The molecule has 0 fully saturated rings. The molecule has 3 N–H and O–H groups in total. The van der Waals surface area contributed by atoms with Crippen molar-refractivity contribution < 1.29 is 4.79 Å². The standard InChI is InChI=1S/C13H10N4O/c14-7-9-5-6-12(16-8-9)13(18)17-11-4-2-1-3-10(11)15/h1-6,8H,15H2,(H,17,18).